The molecule has 8 rings (SSSR count). The molecule has 2 aliphatic rings. The minimum absolute atomic E-state index is 0. The minimum Gasteiger partial charge on any atom is -1.00 e. The smallest absolute Gasteiger partial charge is 0.267 e. The number of pyridine rings is 2. The van der Waals surface area contributed by atoms with Crippen LogP contribution in [-0.2, 0) is 11.1 Å². The summed E-state index contributed by atoms with van der Waals surface area (Å²) in [5.41, 5.74) is -0.868. The Bertz CT molecular complexity index is 2740. The third kappa shape index (κ3) is 9.44. The first-order chi connectivity index (χ1) is 27.8. The molecule has 2 aliphatic carbocycles. The minimum atomic E-state index is -2.90. The predicted molar refractivity (Wildman–Crippen MR) is 224 cm³/mol. The molecule has 2 fully saturated rings. The second kappa shape index (κ2) is 18.0. The highest BCUT2D eigenvalue weighted by Crippen LogP contribution is 2.44. The molecule has 0 aliphatic heterocycles. The number of rotatable bonds is 10. The number of nitrogens with one attached hydrogen (secondary N) is 2. The first-order valence-electron chi connectivity index (χ1n) is 19.0. The van der Waals surface area contributed by atoms with Crippen molar-refractivity contribution in [2.75, 3.05) is 10.6 Å². The van der Waals surface area contributed by atoms with Crippen LogP contribution >= 0.6 is 15.9 Å². The van der Waals surface area contributed by atoms with Crippen molar-refractivity contribution < 1.29 is 50.3 Å². The number of anilines is 2. The van der Waals surface area contributed by atoms with Gasteiger partial charge in [0.2, 0.25) is 0 Å². The number of benzene rings is 2. The van der Waals surface area contributed by atoms with Gasteiger partial charge in [0.25, 0.3) is 24.0 Å². The summed E-state index contributed by atoms with van der Waals surface area (Å²) in [4.78, 5) is 42.9. The summed E-state index contributed by atoms with van der Waals surface area (Å²) in [6.07, 6.45) is 1.26. The van der Waals surface area contributed by atoms with Crippen LogP contribution in [0.1, 0.15) is 120 Å². The molecule has 61 heavy (non-hydrogen) atoms. The molecule has 326 valence electrons. The van der Waals surface area contributed by atoms with E-state index in [1.54, 1.807) is 49.2 Å². The standard InChI is InChI=1S/C21H20BrF3N4O.C21H21F3N4O.CH4.HI/c1-10(12-5-4-6-13(16(12)23)18(24)25)26-19-14-9-29(21(3)7-8-21)20(30)15(22)17(14)27-11(2)28-19;1-11(13-5-4-6-14(18(13)22)19(23)24)25-20-15-10-28(21(3)7-8-21)17(29)9-16(15)26-12(2)27-20;;/h4-6,9-10,18H,7-8H2,1-3H3,(H,26,27,28);4-6,9-11,19H,7-8H2,1-3H3,(H,25,26,27);1H4;1H/p-1/t10-;11-;;/m11../s1. The Labute approximate surface area is 373 Å². The Balaban J connectivity index is 0.000000224. The third-order valence-electron chi connectivity index (χ3n) is 11.1. The SMILES string of the molecule is C.Cc1nc(N[C@H](C)c2cccc(C(F)F)c2F)c2cn(C3(C)CC3)c(=O)c(Br)c2n1.Cc1nc(N[C@H](C)c2cccc(C(F)F)c2F)c2cn(C3(C)CC3)c(=O)cc2n1.[I-]. The van der Waals surface area contributed by atoms with E-state index in [-0.39, 0.29) is 64.7 Å². The fraction of sp³-hybridized carbons (Fsp3) is 0.395. The molecule has 0 amide bonds. The van der Waals surface area contributed by atoms with Crippen molar-refractivity contribution in [2.24, 2.45) is 0 Å². The zero-order valence-corrected chi connectivity index (χ0v) is 37.1. The van der Waals surface area contributed by atoms with Crippen molar-refractivity contribution in [3.8, 4) is 0 Å². The fourth-order valence-electron chi connectivity index (χ4n) is 7.08. The Hall–Kier alpha value is -4.59. The zero-order valence-electron chi connectivity index (χ0n) is 33.4. The maximum Gasteiger partial charge on any atom is 0.267 e. The highest BCUT2D eigenvalue weighted by atomic mass is 127. The van der Waals surface area contributed by atoms with Gasteiger partial charge in [0.05, 0.1) is 45.0 Å². The van der Waals surface area contributed by atoms with Gasteiger partial charge >= 0.3 is 0 Å². The van der Waals surface area contributed by atoms with Crippen LogP contribution in [0.2, 0.25) is 0 Å². The summed E-state index contributed by atoms with van der Waals surface area (Å²) in [6.45, 7) is 10.7. The molecule has 2 aromatic carbocycles. The van der Waals surface area contributed by atoms with Gasteiger partial charge in [0.1, 0.15) is 39.4 Å². The van der Waals surface area contributed by atoms with Crippen LogP contribution in [0, 0.1) is 25.5 Å². The van der Waals surface area contributed by atoms with Crippen LogP contribution < -0.4 is 45.7 Å². The fourth-order valence-corrected chi connectivity index (χ4v) is 7.57. The Morgan fingerprint density at radius 1 is 0.689 bits per heavy atom. The molecular formula is C43H45BrF6IN8O2-. The molecule has 18 heteroatoms. The van der Waals surface area contributed by atoms with Crippen molar-refractivity contribution in [1.82, 2.24) is 29.1 Å². The molecular weight excluding hydrogens is 981 g/mol. The van der Waals surface area contributed by atoms with E-state index in [4.69, 9.17) is 0 Å². The van der Waals surface area contributed by atoms with Gasteiger partial charge < -0.3 is 43.7 Å². The van der Waals surface area contributed by atoms with E-state index in [9.17, 15) is 35.9 Å². The Kier molecular flexibility index (Phi) is 14.0. The number of hydrogen-bond donors (Lipinski definition) is 2. The lowest BCUT2D eigenvalue weighted by Gasteiger charge is -2.20. The lowest BCUT2D eigenvalue weighted by Crippen LogP contribution is -3.00. The van der Waals surface area contributed by atoms with Gasteiger partial charge in [0, 0.05) is 40.7 Å². The monoisotopic (exact) mass is 1030 g/mol. The van der Waals surface area contributed by atoms with Crippen molar-refractivity contribution in [1.29, 1.82) is 0 Å². The van der Waals surface area contributed by atoms with Crippen molar-refractivity contribution >= 4 is 49.4 Å². The number of aromatic nitrogens is 6. The molecule has 0 spiro atoms. The summed E-state index contributed by atoms with van der Waals surface area (Å²) in [5.74, 6) is -0.158. The maximum atomic E-state index is 14.6. The van der Waals surface area contributed by atoms with Gasteiger partial charge in [-0.25, -0.2) is 46.3 Å². The molecule has 4 heterocycles. The number of aryl methyl sites for hydroxylation is 2. The summed E-state index contributed by atoms with van der Waals surface area (Å²) < 4.78 is 85.1. The van der Waals surface area contributed by atoms with E-state index >= 15 is 0 Å². The Morgan fingerprint density at radius 2 is 1.11 bits per heavy atom. The lowest BCUT2D eigenvalue weighted by molar-refractivity contribution is -0.0000220. The van der Waals surface area contributed by atoms with Gasteiger partial charge in [0.15, 0.2) is 0 Å². The van der Waals surface area contributed by atoms with Crippen LogP contribution in [0.25, 0.3) is 21.8 Å². The topological polar surface area (TPSA) is 120 Å². The predicted octanol–water partition coefficient (Wildman–Crippen LogP) is 8.12. The molecule has 10 nitrogen and oxygen atoms in total. The quantitative estimate of drug-likeness (QED) is 0.104. The zero-order chi connectivity index (χ0) is 42.7. The largest absolute Gasteiger partial charge is 1.00 e. The highest BCUT2D eigenvalue weighted by Gasteiger charge is 2.41. The van der Waals surface area contributed by atoms with Crippen molar-refractivity contribution in [3.63, 3.8) is 0 Å². The van der Waals surface area contributed by atoms with Gasteiger partial charge in [-0.05, 0) is 83.2 Å². The van der Waals surface area contributed by atoms with Crippen molar-refractivity contribution in [3.05, 3.63) is 126 Å². The van der Waals surface area contributed by atoms with E-state index in [2.05, 4.69) is 46.5 Å². The van der Waals surface area contributed by atoms with Crippen LogP contribution in [0.4, 0.5) is 38.0 Å². The average Bonchev–Trinajstić information content (AvgIpc) is 4.10. The van der Waals surface area contributed by atoms with Crippen LogP contribution in [-0.4, -0.2) is 29.1 Å². The molecule has 2 N–H and O–H groups in total. The second-order valence-corrected chi connectivity index (χ2v) is 16.5. The van der Waals surface area contributed by atoms with E-state index in [1.165, 1.54) is 30.3 Å². The molecule has 2 saturated carbocycles. The van der Waals surface area contributed by atoms with Crippen molar-refractivity contribution in [2.45, 2.75) is 111 Å². The molecule has 0 saturated heterocycles. The molecule has 0 bridgehead atoms. The number of alkyl halides is 4. The lowest BCUT2D eigenvalue weighted by atomic mass is 10.0. The molecule has 6 aromatic rings. The Morgan fingerprint density at radius 3 is 1.59 bits per heavy atom. The van der Waals surface area contributed by atoms with Crippen LogP contribution in [0.15, 0.2) is 68.9 Å². The highest BCUT2D eigenvalue weighted by molar-refractivity contribution is 9.10. The van der Waals surface area contributed by atoms with Gasteiger partial charge in [-0.15, -0.1) is 0 Å². The molecule has 0 unspecified atom stereocenters. The molecule has 2 atom stereocenters. The summed E-state index contributed by atoms with van der Waals surface area (Å²) in [7, 11) is 0. The average molecular weight is 1030 g/mol. The van der Waals surface area contributed by atoms with Crippen LogP contribution in [0.5, 0.6) is 0 Å². The number of fused-ring (bicyclic) bond motifs is 2. The van der Waals surface area contributed by atoms with E-state index in [0.29, 0.717) is 49.6 Å². The molecule has 0 radical (unpaired) electrons. The first-order valence-corrected chi connectivity index (χ1v) is 19.8. The van der Waals surface area contributed by atoms with Crippen LogP contribution in [0.3, 0.4) is 0 Å². The summed E-state index contributed by atoms with van der Waals surface area (Å²) >= 11 is 3.37. The number of halogens is 8. The maximum absolute atomic E-state index is 14.6. The number of nitrogens with zero attached hydrogens (tertiary/aromatic N) is 6. The third-order valence-corrected chi connectivity index (χ3v) is 11.8. The van der Waals surface area contributed by atoms with E-state index in [1.807, 2.05) is 13.8 Å². The molecule has 4 aromatic heterocycles. The summed E-state index contributed by atoms with van der Waals surface area (Å²) in [6, 6.07) is 8.11. The van der Waals surface area contributed by atoms with Gasteiger partial charge in [-0.3, -0.25) is 9.59 Å². The van der Waals surface area contributed by atoms with E-state index < -0.39 is 47.7 Å². The normalized spacial score (nSPS) is 15.7. The summed E-state index contributed by atoms with van der Waals surface area (Å²) in [5, 5.41) is 7.46. The van der Waals surface area contributed by atoms with E-state index in [0.717, 1.165) is 37.8 Å². The second-order valence-electron chi connectivity index (χ2n) is 15.7. The van der Waals surface area contributed by atoms with Gasteiger partial charge in [-0.1, -0.05) is 43.8 Å². The van der Waals surface area contributed by atoms with Gasteiger partial charge in [-0.2, -0.15) is 0 Å². The first kappa shape index (κ1) is 47.5. The number of hydrogen-bond acceptors (Lipinski definition) is 8.